The molecule has 176 valence electrons. The highest BCUT2D eigenvalue weighted by Crippen LogP contribution is 2.28. The number of hydrogen-bond acceptors (Lipinski definition) is 3. The Bertz CT molecular complexity index is 927. The highest BCUT2D eigenvalue weighted by molar-refractivity contribution is 5.93. The highest BCUT2D eigenvalue weighted by atomic mass is 16.2. The summed E-state index contributed by atoms with van der Waals surface area (Å²) in [6, 6.07) is 17.1. The maximum absolute atomic E-state index is 12.9. The minimum absolute atomic E-state index is 0.00785. The van der Waals surface area contributed by atoms with Gasteiger partial charge in [-0.2, -0.15) is 0 Å². The zero-order valence-corrected chi connectivity index (χ0v) is 20.1. The lowest BCUT2D eigenvalue weighted by Gasteiger charge is -2.33. The molecule has 0 bridgehead atoms. The molecule has 5 nitrogen and oxygen atoms in total. The maximum Gasteiger partial charge on any atom is 0.238 e. The van der Waals surface area contributed by atoms with Crippen molar-refractivity contribution in [3.63, 3.8) is 0 Å². The number of rotatable bonds is 9. The van der Waals surface area contributed by atoms with Crippen LogP contribution in [0.25, 0.3) is 0 Å². The molecule has 1 saturated carbocycles. The Labute approximate surface area is 198 Å². The SMILES string of the molecule is Cc1cccc(C)c1NC(=O)CN(CCC(=O)N1CCC(Cc2ccccc2)CC1)C1CC1. The summed E-state index contributed by atoms with van der Waals surface area (Å²) in [4.78, 5) is 29.8. The maximum atomic E-state index is 12.9. The summed E-state index contributed by atoms with van der Waals surface area (Å²) in [5.74, 6) is 0.899. The van der Waals surface area contributed by atoms with E-state index in [2.05, 4.69) is 40.5 Å². The van der Waals surface area contributed by atoms with Crippen LogP contribution in [0.1, 0.15) is 48.8 Å². The first kappa shape index (κ1) is 23.5. The monoisotopic (exact) mass is 447 g/mol. The smallest absolute Gasteiger partial charge is 0.238 e. The second-order valence-electron chi connectivity index (χ2n) is 9.78. The van der Waals surface area contributed by atoms with E-state index in [9.17, 15) is 9.59 Å². The van der Waals surface area contributed by atoms with Crippen LogP contribution in [0.15, 0.2) is 48.5 Å². The zero-order chi connectivity index (χ0) is 23.2. The minimum atomic E-state index is 0.00785. The molecule has 1 aliphatic heterocycles. The molecule has 2 fully saturated rings. The van der Waals surface area contributed by atoms with Crippen molar-refractivity contribution in [1.82, 2.24) is 9.80 Å². The second kappa shape index (κ2) is 11.0. The van der Waals surface area contributed by atoms with Gasteiger partial charge in [0.2, 0.25) is 11.8 Å². The number of para-hydroxylation sites is 1. The molecule has 1 N–H and O–H groups in total. The predicted octanol–water partition coefficient (Wildman–Crippen LogP) is 4.58. The van der Waals surface area contributed by atoms with Gasteiger partial charge >= 0.3 is 0 Å². The number of nitrogens with one attached hydrogen (secondary N) is 1. The van der Waals surface area contributed by atoms with Crippen LogP contribution in [0.5, 0.6) is 0 Å². The van der Waals surface area contributed by atoms with Gasteiger partial charge in [-0.25, -0.2) is 0 Å². The Morgan fingerprint density at radius 3 is 2.24 bits per heavy atom. The molecule has 0 unspecified atom stereocenters. The van der Waals surface area contributed by atoms with Crippen LogP contribution >= 0.6 is 0 Å². The van der Waals surface area contributed by atoms with Gasteiger partial charge in [0.05, 0.1) is 6.54 Å². The van der Waals surface area contributed by atoms with E-state index in [0.717, 1.165) is 62.0 Å². The molecule has 0 radical (unpaired) electrons. The first-order valence-electron chi connectivity index (χ1n) is 12.4. The first-order valence-corrected chi connectivity index (χ1v) is 12.4. The Balaban J connectivity index is 1.22. The number of aryl methyl sites for hydroxylation is 2. The van der Waals surface area contributed by atoms with Crippen LogP contribution in [0.4, 0.5) is 5.69 Å². The van der Waals surface area contributed by atoms with Crippen molar-refractivity contribution < 1.29 is 9.59 Å². The Hall–Kier alpha value is -2.66. The van der Waals surface area contributed by atoms with Gasteiger partial charge in [-0.15, -0.1) is 0 Å². The van der Waals surface area contributed by atoms with E-state index in [0.29, 0.717) is 31.5 Å². The van der Waals surface area contributed by atoms with E-state index >= 15 is 0 Å². The van der Waals surface area contributed by atoms with Crippen LogP contribution in [-0.2, 0) is 16.0 Å². The van der Waals surface area contributed by atoms with Crippen molar-refractivity contribution in [3.8, 4) is 0 Å². The van der Waals surface area contributed by atoms with E-state index in [4.69, 9.17) is 0 Å². The third-order valence-electron chi connectivity index (χ3n) is 7.10. The lowest BCUT2D eigenvalue weighted by molar-refractivity contribution is -0.133. The van der Waals surface area contributed by atoms with Crippen LogP contribution in [0, 0.1) is 19.8 Å². The quantitative estimate of drug-likeness (QED) is 0.612. The van der Waals surface area contributed by atoms with Gasteiger partial charge < -0.3 is 10.2 Å². The van der Waals surface area contributed by atoms with Crippen LogP contribution in [0.3, 0.4) is 0 Å². The van der Waals surface area contributed by atoms with Crippen LogP contribution < -0.4 is 5.32 Å². The molecule has 2 aromatic rings. The fourth-order valence-electron chi connectivity index (χ4n) is 4.94. The number of piperidine rings is 1. The molecule has 2 aliphatic rings. The Morgan fingerprint density at radius 1 is 0.939 bits per heavy atom. The van der Waals surface area contributed by atoms with E-state index < -0.39 is 0 Å². The number of nitrogens with zero attached hydrogens (tertiary/aromatic N) is 2. The van der Waals surface area contributed by atoms with Gasteiger partial charge in [0.15, 0.2) is 0 Å². The van der Waals surface area contributed by atoms with Crippen molar-refractivity contribution in [2.24, 2.45) is 5.92 Å². The number of benzene rings is 2. The topological polar surface area (TPSA) is 52.7 Å². The average Bonchev–Trinajstić information content (AvgIpc) is 3.66. The molecule has 0 aromatic heterocycles. The van der Waals surface area contributed by atoms with Crippen molar-refractivity contribution in [3.05, 3.63) is 65.2 Å². The minimum Gasteiger partial charge on any atom is -0.343 e. The lowest BCUT2D eigenvalue weighted by atomic mass is 9.90. The molecule has 2 amide bonds. The molecule has 1 saturated heterocycles. The lowest BCUT2D eigenvalue weighted by Crippen LogP contribution is -2.42. The Kier molecular flexibility index (Phi) is 7.81. The predicted molar refractivity (Wildman–Crippen MR) is 133 cm³/mol. The van der Waals surface area contributed by atoms with Crippen LogP contribution in [0.2, 0.25) is 0 Å². The largest absolute Gasteiger partial charge is 0.343 e. The van der Waals surface area contributed by atoms with Gasteiger partial charge in [-0.3, -0.25) is 14.5 Å². The summed E-state index contributed by atoms with van der Waals surface area (Å²) in [5, 5.41) is 3.09. The normalized spacial score (nSPS) is 16.8. The molecule has 1 heterocycles. The summed E-state index contributed by atoms with van der Waals surface area (Å²) in [7, 11) is 0. The van der Waals surface area contributed by atoms with Crippen molar-refractivity contribution in [1.29, 1.82) is 0 Å². The standard InChI is InChI=1S/C28H37N3O2/c1-21-7-6-8-22(2)28(21)29-26(32)20-31(25-11-12-25)18-15-27(33)30-16-13-24(14-17-30)19-23-9-4-3-5-10-23/h3-10,24-25H,11-20H2,1-2H3,(H,29,32). The summed E-state index contributed by atoms with van der Waals surface area (Å²) in [6.45, 7) is 6.75. The third kappa shape index (κ3) is 6.67. The molecule has 5 heteroatoms. The van der Waals surface area contributed by atoms with Gasteiger partial charge in [-0.1, -0.05) is 48.5 Å². The number of hydrogen-bond donors (Lipinski definition) is 1. The summed E-state index contributed by atoms with van der Waals surface area (Å²) in [5.41, 5.74) is 4.45. The zero-order valence-electron chi connectivity index (χ0n) is 20.1. The van der Waals surface area contributed by atoms with E-state index in [1.54, 1.807) is 0 Å². The molecule has 2 aromatic carbocycles. The van der Waals surface area contributed by atoms with Gasteiger partial charge in [0, 0.05) is 37.8 Å². The van der Waals surface area contributed by atoms with Crippen molar-refractivity contribution in [2.45, 2.75) is 58.4 Å². The van der Waals surface area contributed by atoms with Gasteiger partial charge in [0.25, 0.3) is 0 Å². The second-order valence-corrected chi connectivity index (χ2v) is 9.78. The Morgan fingerprint density at radius 2 is 1.61 bits per heavy atom. The molecule has 4 rings (SSSR count). The van der Waals surface area contributed by atoms with Crippen molar-refractivity contribution in [2.75, 3.05) is 31.5 Å². The van der Waals surface area contributed by atoms with E-state index in [1.165, 1.54) is 5.56 Å². The van der Waals surface area contributed by atoms with E-state index in [1.807, 2.05) is 36.9 Å². The van der Waals surface area contributed by atoms with Gasteiger partial charge in [-0.05, 0) is 68.6 Å². The highest BCUT2D eigenvalue weighted by Gasteiger charge is 2.31. The number of likely N-dealkylation sites (tertiary alicyclic amines) is 1. The molecule has 33 heavy (non-hydrogen) atoms. The fraction of sp³-hybridized carbons (Fsp3) is 0.500. The fourth-order valence-corrected chi connectivity index (χ4v) is 4.94. The molecule has 1 aliphatic carbocycles. The number of carbonyl (C=O) groups excluding carboxylic acids is 2. The summed E-state index contributed by atoms with van der Waals surface area (Å²) in [6.07, 6.45) is 5.99. The first-order chi connectivity index (χ1) is 16.0. The molecule has 0 spiro atoms. The average molecular weight is 448 g/mol. The molecular weight excluding hydrogens is 410 g/mol. The van der Waals surface area contributed by atoms with Gasteiger partial charge in [0.1, 0.15) is 0 Å². The number of amides is 2. The molecule has 0 atom stereocenters. The summed E-state index contributed by atoms with van der Waals surface area (Å²) < 4.78 is 0. The number of carbonyl (C=O) groups is 2. The summed E-state index contributed by atoms with van der Waals surface area (Å²) >= 11 is 0. The number of anilines is 1. The molecular formula is C28H37N3O2. The van der Waals surface area contributed by atoms with E-state index in [-0.39, 0.29) is 11.8 Å². The van der Waals surface area contributed by atoms with Crippen LogP contribution in [-0.4, -0.2) is 53.8 Å². The van der Waals surface area contributed by atoms with Crippen molar-refractivity contribution >= 4 is 17.5 Å². The third-order valence-corrected chi connectivity index (χ3v) is 7.10.